The summed E-state index contributed by atoms with van der Waals surface area (Å²) in [5.74, 6) is 1.57. The van der Waals surface area contributed by atoms with Gasteiger partial charge in [-0.1, -0.05) is 33.8 Å². The fraction of sp³-hybridized carbons (Fsp3) is 0.600. The normalized spacial score (nSPS) is 11.3. The van der Waals surface area contributed by atoms with Gasteiger partial charge in [0.25, 0.3) is 0 Å². The first kappa shape index (κ1) is 14.7. The topological polar surface area (TPSA) is 42.0 Å². The second-order valence-corrected chi connectivity index (χ2v) is 5.48. The van der Waals surface area contributed by atoms with Crippen LogP contribution in [0.2, 0.25) is 0 Å². The summed E-state index contributed by atoms with van der Waals surface area (Å²) < 4.78 is 0. The summed E-state index contributed by atoms with van der Waals surface area (Å²) >= 11 is 0. The minimum absolute atomic E-state index is 0.0218. The summed E-state index contributed by atoms with van der Waals surface area (Å²) in [5.41, 5.74) is 2.05. The Labute approximate surface area is 110 Å². The number of nitrogens with zero attached hydrogens (tertiary/aromatic N) is 1. The van der Waals surface area contributed by atoms with Gasteiger partial charge in [0.2, 0.25) is 5.91 Å². The van der Waals surface area contributed by atoms with Crippen LogP contribution in [-0.2, 0) is 11.3 Å². The highest BCUT2D eigenvalue weighted by Gasteiger charge is 2.20. The van der Waals surface area contributed by atoms with Gasteiger partial charge in [-0.2, -0.15) is 0 Å². The highest BCUT2D eigenvalue weighted by Crippen LogP contribution is 2.30. The number of carbonyl (C=O) groups excluding carboxylic acids is 1. The number of pyridine rings is 1. The monoisotopic (exact) mass is 248 g/mol. The van der Waals surface area contributed by atoms with Crippen LogP contribution in [0.25, 0.3) is 0 Å². The van der Waals surface area contributed by atoms with Gasteiger partial charge in [-0.05, 0) is 24.0 Å². The van der Waals surface area contributed by atoms with E-state index in [1.54, 1.807) is 0 Å². The highest BCUT2D eigenvalue weighted by atomic mass is 16.1. The average molecular weight is 248 g/mol. The van der Waals surface area contributed by atoms with Crippen molar-refractivity contribution in [3.05, 3.63) is 29.6 Å². The molecular weight excluding hydrogens is 224 g/mol. The molecule has 1 aromatic heterocycles. The fourth-order valence-corrected chi connectivity index (χ4v) is 2.45. The van der Waals surface area contributed by atoms with Crippen molar-refractivity contribution in [1.29, 1.82) is 0 Å². The molecule has 100 valence electrons. The van der Waals surface area contributed by atoms with Gasteiger partial charge in [0, 0.05) is 18.5 Å². The smallest absolute Gasteiger partial charge is 0.217 e. The Morgan fingerprint density at radius 1 is 1.22 bits per heavy atom. The van der Waals surface area contributed by atoms with Crippen molar-refractivity contribution >= 4 is 5.91 Å². The summed E-state index contributed by atoms with van der Waals surface area (Å²) in [5, 5.41) is 2.78. The minimum atomic E-state index is -0.0218. The zero-order chi connectivity index (χ0) is 13.7. The minimum Gasteiger partial charge on any atom is -0.351 e. The van der Waals surface area contributed by atoms with Gasteiger partial charge >= 0.3 is 0 Å². The third-order valence-corrected chi connectivity index (χ3v) is 3.12. The van der Waals surface area contributed by atoms with Crippen LogP contribution in [0.5, 0.6) is 0 Å². The Balaban J connectivity index is 2.89. The zero-order valence-electron chi connectivity index (χ0n) is 12.0. The zero-order valence-corrected chi connectivity index (χ0v) is 12.0. The molecule has 0 bridgehead atoms. The molecule has 0 aliphatic carbocycles. The van der Waals surface area contributed by atoms with Gasteiger partial charge in [-0.3, -0.25) is 9.78 Å². The largest absolute Gasteiger partial charge is 0.351 e. The maximum atomic E-state index is 10.9. The summed E-state index contributed by atoms with van der Waals surface area (Å²) in [4.78, 5) is 15.6. The van der Waals surface area contributed by atoms with Crippen LogP contribution < -0.4 is 5.32 Å². The molecule has 1 rings (SSSR count). The quantitative estimate of drug-likeness (QED) is 0.870. The van der Waals surface area contributed by atoms with Crippen molar-refractivity contribution in [3.8, 4) is 0 Å². The van der Waals surface area contributed by atoms with E-state index in [-0.39, 0.29) is 5.91 Å². The van der Waals surface area contributed by atoms with E-state index in [0.29, 0.717) is 24.3 Å². The number of amides is 1. The van der Waals surface area contributed by atoms with Gasteiger partial charge in [0.1, 0.15) is 0 Å². The molecule has 1 amide bonds. The summed E-state index contributed by atoms with van der Waals surface area (Å²) in [7, 11) is 0. The molecule has 0 fully saturated rings. The summed E-state index contributed by atoms with van der Waals surface area (Å²) in [6.07, 6.45) is 0. The number of aromatic nitrogens is 1. The molecule has 0 unspecified atom stereocenters. The Morgan fingerprint density at radius 3 is 2.33 bits per heavy atom. The molecule has 0 aliphatic rings. The Kier molecular flexibility index (Phi) is 5.32. The molecule has 0 saturated heterocycles. The van der Waals surface area contributed by atoms with Gasteiger partial charge in [0.05, 0.1) is 12.2 Å². The van der Waals surface area contributed by atoms with E-state index in [1.165, 1.54) is 6.92 Å². The third-order valence-electron chi connectivity index (χ3n) is 3.12. The maximum absolute atomic E-state index is 10.9. The van der Waals surface area contributed by atoms with Crippen LogP contribution >= 0.6 is 0 Å². The number of rotatable bonds is 5. The standard InChI is InChI=1S/C15H24N2O/c1-10(2)15(11(3)4)14-8-6-7-13(17-14)9-16-12(5)18/h6-8,10-11,15H,9H2,1-5H3,(H,16,18). The van der Waals surface area contributed by atoms with Crippen molar-refractivity contribution in [3.63, 3.8) is 0 Å². The third kappa shape index (κ3) is 4.13. The molecule has 0 spiro atoms. The predicted octanol–water partition coefficient (Wildman–Crippen LogP) is 3.11. The van der Waals surface area contributed by atoms with E-state index in [2.05, 4.69) is 44.1 Å². The molecule has 3 heteroatoms. The SMILES string of the molecule is CC(=O)NCc1cccc(C(C(C)C)C(C)C)n1. The van der Waals surface area contributed by atoms with Crippen LogP contribution in [0.3, 0.4) is 0 Å². The summed E-state index contributed by atoms with van der Waals surface area (Å²) in [6, 6.07) is 6.07. The highest BCUT2D eigenvalue weighted by molar-refractivity contribution is 5.72. The van der Waals surface area contributed by atoms with Crippen molar-refractivity contribution < 1.29 is 4.79 Å². The molecule has 0 aromatic carbocycles. The molecule has 0 atom stereocenters. The molecule has 0 aliphatic heterocycles. The molecular formula is C15H24N2O. The van der Waals surface area contributed by atoms with E-state index >= 15 is 0 Å². The molecule has 3 nitrogen and oxygen atoms in total. The maximum Gasteiger partial charge on any atom is 0.217 e. The van der Waals surface area contributed by atoms with Crippen LogP contribution in [-0.4, -0.2) is 10.9 Å². The molecule has 1 N–H and O–H groups in total. The van der Waals surface area contributed by atoms with Crippen LogP contribution in [0, 0.1) is 11.8 Å². The van der Waals surface area contributed by atoms with Crippen LogP contribution in [0.4, 0.5) is 0 Å². The lowest BCUT2D eigenvalue weighted by molar-refractivity contribution is -0.119. The lowest BCUT2D eigenvalue weighted by Gasteiger charge is -2.24. The lowest BCUT2D eigenvalue weighted by Crippen LogP contribution is -2.21. The van der Waals surface area contributed by atoms with Crippen LogP contribution in [0.1, 0.15) is 51.9 Å². The van der Waals surface area contributed by atoms with Crippen molar-refractivity contribution in [2.24, 2.45) is 11.8 Å². The summed E-state index contributed by atoms with van der Waals surface area (Å²) in [6.45, 7) is 10.9. The van der Waals surface area contributed by atoms with Gasteiger partial charge in [0.15, 0.2) is 0 Å². The second-order valence-electron chi connectivity index (χ2n) is 5.48. The van der Waals surface area contributed by atoms with E-state index in [9.17, 15) is 4.79 Å². The number of nitrogens with one attached hydrogen (secondary N) is 1. The Hall–Kier alpha value is -1.38. The van der Waals surface area contributed by atoms with E-state index in [0.717, 1.165) is 11.4 Å². The van der Waals surface area contributed by atoms with Gasteiger partial charge in [-0.25, -0.2) is 0 Å². The van der Waals surface area contributed by atoms with Gasteiger partial charge in [-0.15, -0.1) is 0 Å². The fourth-order valence-electron chi connectivity index (χ4n) is 2.45. The molecule has 0 radical (unpaired) electrons. The first-order chi connectivity index (χ1) is 8.41. The van der Waals surface area contributed by atoms with E-state index in [4.69, 9.17) is 0 Å². The van der Waals surface area contributed by atoms with Crippen molar-refractivity contribution in [2.45, 2.75) is 47.1 Å². The van der Waals surface area contributed by atoms with Crippen LogP contribution in [0.15, 0.2) is 18.2 Å². The predicted molar refractivity (Wildman–Crippen MR) is 74.2 cm³/mol. The number of hydrogen-bond acceptors (Lipinski definition) is 2. The average Bonchev–Trinajstić information content (AvgIpc) is 2.26. The van der Waals surface area contributed by atoms with E-state index in [1.807, 2.05) is 12.1 Å². The van der Waals surface area contributed by atoms with Gasteiger partial charge < -0.3 is 5.32 Å². The van der Waals surface area contributed by atoms with E-state index < -0.39 is 0 Å². The molecule has 1 aromatic rings. The first-order valence-corrected chi connectivity index (χ1v) is 6.62. The Bertz CT molecular complexity index is 391. The number of carbonyl (C=O) groups is 1. The molecule has 1 heterocycles. The Morgan fingerprint density at radius 2 is 1.83 bits per heavy atom. The second kappa shape index (κ2) is 6.53. The first-order valence-electron chi connectivity index (χ1n) is 6.62. The van der Waals surface area contributed by atoms with Crippen molar-refractivity contribution in [1.82, 2.24) is 10.3 Å². The molecule has 0 saturated carbocycles. The van der Waals surface area contributed by atoms with Crippen molar-refractivity contribution in [2.75, 3.05) is 0 Å². The number of hydrogen-bond donors (Lipinski definition) is 1. The lowest BCUT2D eigenvalue weighted by atomic mass is 9.82. The molecule has 18 heavy (non-hydrogen) atoms.